The average molecular weight is 205 g/mol. The molecule has 1 aromatic heterocycles. The fraction of sp³-hybridized carbons (Fsp3) is 0.583. The summed E-state index contributed by atoms with van der Waals surface area (Å²) in [5, 5.41) is 7.62. The van der Waals surface area contributed by atoms with Crippen molar-refractivity contribution in [2.45, 2.75) is 33.9 Å². The van der Waals surface area contributed by atoms with Crippen LogP contribution in [0.1, 0.15) is 26.5 Å². The quantitative estimate of drug-likeness (QED) is 0.741. The number of rotatable bonds is 5. The summed E-state index contributed by atoms with van der Waals surface area (Å²) in [7, 11) is 0. The molecule has 3 heteroatoms. The Balaban J connectivity index is 2.45. The van der Waals surface area contributed by atoms with E-state index in [9.17, 15) is 0 Å². The van der Waals surface area contributed by atoms with E-state index in [1.54, 1.807) is 0 Å². The topological polar surface area (TPSA) is 29.9 Å². The summed E-state index contributed by atoms with van der Waals surface area (Å²) in [5.74, 6) is 6.57. The molecule has 0 saturated heterocycles. The van der Waals surface area contributed by atoms with Gasteiger partial charge in [0.1, 0.15) is 6.54 Å². The Morgan fingerprint density at radius 2 is 2.33 bits per heavy atom. The first-order chi connectivity index (χ1) is 7.24. The van der Waals surface area contributed by atoms with Crippen molar-refractivity contribution in [2.75, 3.05) is 6.54 Å². The molecule has 82 valence electrons. The van der Waals surface area contributed by atoms with Crippen molar-refractivity contribution >= 4 is 0 Å². The van der Waals surface area contributed by atoms with Crippen LogP contribution in [0.4, 0.5) is 0 Å². The molecule has 0 atom stereocenters. The Morgan fingerprint density at radius 1 is 1.53 bits per heavy atom. The van der Waals surface area contributed by atoms with Gasteiger partial charge in [0, 0.05) is 12.7 Å². The minimum atomic E-state index is 0.678. The van der Waals surface area contributed by atoms with Gasteiger partial charge < -0.3 is 5.32 Å². The first-order valence-corrected chi connectivity index (χ1v) is 5.35. The molecule has 1 aromatic rings. The van der Waals surface area contributed by atoms with E-state index in [-0.39, 0.29) is 0 Å². The van der Waals surface area contributed by atoms with Crippen LogP contribution in [0.5, 0.6) is 0 Å². The highest BCUT2D eigenvalue weighted by atomic mass is 15.3. The zero-order valence-electron chi connectivity index (χ0n) is 9.75. The maximum absolute atomic E-state index is 4.23. The van der Waals surface area contributed by atoms with E-state index in [1.165, 1.54) is 5.69 Å². The van der Waals surface area contributed by atoms with Crippen LogP contribution in [0.3, 0.4) is 0 Å². The molecule has 1 rings (SSSR count). The van der Waals surface area contributed by atoms with E-state index in [4.69, 9.17) is 0 Å². The smallest absolute Gasteiger partial charge is 0.102 e. The average Bonchev–Trinajstić information content (AvgIpc) is 2.62. The van der Waals surface area contributed by atoms with Gasteiger partial charge >= 0.3 is 0 Å². The summed E-state index contributed by atoms with van der Waals surface area (Å²) in [6.07, 6.45) is 1.82. The van der Waals surface area contributed by atoms with Gasteiger partial charge in [-0.2, -0.15) is 5.10 Å². The fourth-order valence-electron chi connectivity index (χ4n) is 1.30. The lowest BCUT2D eigenvalue weighted by atomic mass is 10.2. The highest BCUT2D eigenvalue weighted by molar-refractivity contribution is 5.04. The highest BCUT2D eigenvalue weighted by Gasteiger charge is 2.00. The number of nitrogens with one attached hydrogen (secondary N) is 1. The first-order valence-electron chi connectivity index (χ1n) is 5.35. The van der Waals surface area contributed by atoms with Gasteiger partial charge in [0.05, 0.1) is 5.69 Å². The summed E-state index contributed by atoms with van der Waals surface area (Å²) in [6.45, 7) is 8.83. The molecule has 0 aliphatic heterocycles. The van der Waals surface area contributed by atoms with Gasteiger partial charge in [-0.05, 0) is 25.5 Å². The molecule has 3 nitrogen and oxygen atoms in total. The molecule has 0 radical (unpaired) electrons. The van der Waals surface area contributed by atoms with Crippen molar-refractivity contribution in [1.82, 2.24) is 15.1 Å². The van der Waals surface area contributed by atoms with E-state index in [0.717, 1.165) is 13.1 Å². The Labute approximate surface area is 91.9 Å². The summed E-state index contributed by atoms with van der Waals surface area (Å²) < 4.78 is 1.93. The zero-order valence-corrected chi connectivity index (χ0v) is 9.75. The molecule has 0 aliphatic rings. The maximum Gasteiger partial charge on any atom is 0.102 e. The number of nitrogens with zero attached hydrogens (tertiary/aromatic N) is 2. The van der Waals surface area contributed by atoms with E-state index in [2.05, 4.69) is 36.1 Å². The van der Waals surface area contributed by atoms with E-state index in [1.807, 2.05) is 23.9 Å². The van der Waals surface area contributed by atoms with Crippen LogP contribution in [-0.4, -0.2) is 16.3 Å². The summed E-state index contributed by atoms with van der Waals surface area (Å²) in [4.78, 5) is 0. The van der Waals surface area contributed by atoms with Gasteiger partial charge in [0.2, 0.25) is 0 Å². The standard InChI is InChI=1S/C12H19N3/c1-4-5-8-15-12(6-7-14-15)10-13-9-11(2)3/h6-7,11,13H,8-10H2,1-3H3. The predicted octanol–water partition coefficient (Wildman–Crippen LogP) is 1.65. The minimum absolute atomic E-state index is 0.678. The van der Waals surface area contributed by atoms with E-state index in [0.29, 0.717) is 12.5 Å². The SMILES string of the molecule is CC#CCn1nccc1CNCC(C)C. The molecule has 0 unspecified atom stereocenters. The Kier molecular flexibility index (Phi) is 4.92. The third-order valence-electron chi connectivity index (χ3n) is 2.07. The second kappa shape index (κ2) is 6.26. The van der Waals surface area contributed by atoms with Crippen LogP contribution in [0.2, 0.25) is 0 Å². The molecule has 0 bridgehead atoms. The van der Waals surface area contributed by atoms with E-state index < -0.39 is 0 Å². The van der Waals surface area contributed by atoms with Gasteiger partial charge in [-0.1, -0.05) is 19.8 Å². The van der Waals surface area contributed by atoms with Crippen molar-refractivity contribution in [3.8, 4) is 11.8 Å². The molecular formula is C12H19N3. The predicted molar refractivity (Wildman–Crippen MR) is 62.2 cm³/mol. The number of hydrogen-bond donors (Lipinski definition) is 1. The lowest BCUT2D eigenvalue weighted by Crippen LogP contribution is -2.21. The molecule has 1 N–H and O–H groups in total. The molecule has 1 heterocycles. The number of hydrogen-bond acceptors (Lipinski definition) is 2. The van der Waals surface area contributed by atoms with E-state index >= 15 is 0 Å². The van der Waals surface area contributed by atoms with Crippen LogP contribution >= 0.6 is 0 Å². The summed E-state index contributed by atoms with van der Waals surface area (Å²) in [6, 6.07) is 2.03. The molecule has 0 aromatic carbocycles. The van der Waals surface area contributed by atoms with Gasteiger partial charge in [-0.3, -0.25) is 4.68 Å². The van der Waals surface area contributed by atoms with Crippen LogP contribution < -0.4 is 5.32 Å². The largest absolute Gasteiger partial charge is 0.311 e. The molecule has 0 amide bonds. The summed E-state index contributed by atoms with van der Waals surface area (Å²) in [5.41, 5.74) is 1.19. The second-order valence-electron chi connectivity index (χ2n) is 3.93. The molecule has 15 heavy (non-hydrogen) atoms. The minimum Gasteiger partial charge on any atom is -0.311 e. The third kappa shape index (κ3) is 4.18. The van der Waals surface area contributed by atoms with Crippen LogP contribution in [0, 0.1) is 17.8 Å². The van der Waals surface area contributed by atoms with Crippen LogP contribution in [-0.2, 0) is 13.1 Å². The zero-order chi connectivity index (χ0) is 11.1. The van der Waals surface area contributed by atoms with Gasteiger partial charge in [-0.25, -0.2) is 0 Å². The Morgan fingerprint density at radius 3 is 3.00 bits per heavy atom. The van der Waals surface area contributed by atoms with Gasteiger partial charge in [0.25, 0.3) is 0 Å². The third-order valence-corrected chi connectivity index (χ3v) is 2.07. The molecule has 0 fully saturated rings. The fourth-order valence-corrected chi connectivity index (χ4v) is 1.30. The van der Waals surface area contributed by atoms with Crippen molar-refractivity contribution < 1.29 is 0 Å². The molecular weight excluding hydrogens is 186 g/mol. The lowest BCUT2D eigenvalue weighted by molar-refractivity contribution is 0.532. The lowest BCUT2D eigenvalue weighted by Gasteiger charge is -2.08. The van der Waals surface area contributed by atoms with Crippen molar-refractivity contribution in [1.29, 1.82) is 0 Å². The normalized spacial score (nSPS) is 10.1. The second-order valence-corrected chi connectivity index (χ2v) is 3.93. The monoisotopic (exact) mass is 205 g/mol. The molecule has 0 aliphatic carbocycles. The van der Waals surface area contributed by atoms with Gasteiger partial charge in [-0.15, -0.1) is 5.92 Å². The van der Waals surface area contributed by atoms with Crippen LogP contribution in [0.15, 0.2) is 12.3 Å². The first kappa shape index (κ1) is 11.8. The van der Waals surface area contributed by atoms with Crippen molar-refractivity contribution in [3.63, 3.8) is 0 Å². The maximum atomic E-state index is 4.23. The summed E-state index contributed by atoms with van der Waals surface area (Å²) >= 11 is 0. The Hall–Kier alpha value is -1.27. The van der Waals surface area contributed by atoms with Crippen molar-refractivity contribution in [3.05, 3.63) is 18.0 Å². The van der Waals surface area contributed by atoms with Gasteiger partial charge in [0.15, 0.2) is 0 Å². The van der Waals surface area contributed by atoms with Crippen molar-refractivity contribution in [2.24, 2.45) is 5.92 Å². The highest BCUT2D eigenvalue weighted by Crippen LogP contribution is 1.98. The molecule has 0 spiro atoms. The van der Waals surface area contributed by atoms with Crippen LogP contribution in [0.25, 0.3) is 0 Å². The number of aromatic nitrogens is 2. The molecule has 0 saturated carbocycles. The Bertz CT molecular complexity index is 341.